The monoisotopic (exact) mass is 1160 g/mol. The van der Waals surface area contributed by atoms with Crippen LogP contribution in [0.5, 0.6) is 0 Å². The van der Waals surface area contributed by atoms with Crippen molar-refractivity contribution in [1.82, 2.24) is 0 Å². The molecule has 5 nitrogen and oxygen atoms in total. The molecule has 4 aliphatic carbocycles. The van der Waals surface area contributed by atoms with Gasteiger partial charge in [-0.25, -0.2) is 4.79 Å². The minimum Gasteiger partial charge on any atom is -0.478 e. The molecule has 0 spiro atoms. The molecule has 1 N–H and O–H groups in total. The van der Waals surface area contributed by atoms with Crippen LogP contribution in [0.1, 0.15) is 169 Å². The second-order valence-electron chi connectivity index (χ2n) is 15.8. The summed E-state index contributed by atoms with van der Waals surface area (Å²) in [6.45, 7) is 8.50. The zero-order valence-corrected chi connectivity index (χ0v) is 44.1. The first-order valence-electron chi connectivity index (χ1n) is 19.7. The van der Waals surface area contributed by atoms with Crippen LogP contribution in [0, 0.1) is 35.7 Å². The van der Waals surface area contributed by atoms with Gasteiger partial charge in [-0.3, -0.25) is 4.79 Å². The van der Waals surface area contributed by atoms with Crippen molar-refractivity contribution >= 4 is 26.4 Å². The fraction of sp³-hybridized carbons (Fsp3) is 0.636. The van der Waals surface area contributed by atoms with Crippen LogP contribution in [0.3, 0.4) is 0 Å². The normalized spacial score (nSPS) is 20.5. The molecule has 0 saturated heterocycles. The molecule has 0 amide bonds. The Morgan fingerprint density at radius 3 is 1.66 bits per heavy atom. The van der Waals surface area contributed by atoms with Crippen molar-refractivity contribution in [2.45, 2.75) is 150 Å². The van der Waals surface area contributed by atoms with Crippen LogP contribution in [0.2, 0.25) is 0 Å². The first kappa shape index (κ1) is 52.8. The van der Waals surface area contributed by atoms with Crippen LogP contribution in [0.15, 0.2) is 36.4 Å². The van der Waals surface area contributed by atoms with Crippen molar-refractivity contribution < 1.29 is 110 Å². The molecule has 3 unspecified atom stereocenters. The van der Waals surface area contributed by atoms with Gasteiger partial charge in [0.2, 0.25) is 0 Å². The van der Waals surface area contributed by atoms with Gasteiger partial charge < -0.3 is 5.11 Å². The molecule has 0 radical (unpaired) electrons. The largest absolute Gasteiger partial charge is 0.478 e. The van der Waals surface area contributed by atoms with Crippen LogP contribution >= 0.6 is 0 Å². The van der Waals surface area contributed by atoms with Crippen molar-refractivity contribution in [1.29, 1.82) is 0 Å². The molecule has 291 valence electrons. The number of Topliss-reactive ketones (excluding diaryl/α,β-unsaturated/α-hetero) is 3. The van der Waals surface area contributed by atoms with E-state index < -0.39 is 5.97 Å². The Bertz CT molecular complexity index is 1360. The zero-order chi connectivity index (χ0) is 36.5. The summed E-state index contributed by atoms with van der Waals surface area (Å²) < 4.78 is 1.04. The van der Waals surface area contributed by atoms with Gasteiger partial charge in [0.1, 0.15) is 5.78 Å². The number of carbonyl (C=O) groups excluding carboxylic acids is 3. The summed E-state index contributed by atoms with van der Waals surface area (Å²) in [7, 11) is 0. The number of aromatic carboxylic acids is 1. The number of hydrogen-bond donors (Lipinski definition) is 1. The fourth-order valence-corrected chi connectivity index (χ4v) is 10.3. The summed E-state index contributed by atoms with van der Waals surface area (Å²) in [4.78, 5) is 46.3. The van der Waals surface area contributed by atoms with Crippen molar-refractivity contribution in [3.8, 4) is 0 Å². The Morgan fingerprint density at radius 2 is 1.23 bits per heavy atom. The van der Waals surface area contributed by atoms with E-state index in [1.807, 2.05) is 12.1 Å². The SMILES string of the molecule is C1CCCC1.CC(=O)c1ccc(CC(=O)CC2CCC(C)C2C)[c-][c]1[Hg].CC1CCCC1.O=C(Cc1ccc(C(=O)O)cc1)CC1CCCC1.[Fe].[Fe].[Hf]. The second-order valence-corrected chi connectivity index (χ2v) is 18.5. The van der Waals surface area contributed by atoms with Crippen LogP contribution in [0.25, 0.3) is 0 Å². The number of carboxylic acids is 1. The van der Waals surface area contributed by atoms with Crippen LogP contribution in [-0.2, 0) is 109 Å². The molecular weight excluding hydrogens is 1100 g/mol. The van der Waals surface area contributed by atoms with E-state index in [-0.39, 0.29) is 77.1 Å². The maximum Gasteiger partial charge on any atom is 0.335 e. The molecule has 3 atom stereocenters. The standard InChI is InChI=1S/C18H22O2.C15H18O3.C6H12.C5H10.2Fe.Hf.Hg/c1-12-4-7-17(13(12)2)11-18(20)10-15-5-8-16(9-6-15)14(3)19;16-14(9-11-3-1-2-4-11)10-12-5-7-13(8-6-12)15(17)18;1-6-4-2-3-5-6;1-2-4-5-3-1;;;;/h5,8,12-13,17H,4,7,10-11H2,1-3H3;5-8,11H,1-4,9-10H2,(H,17,18);6H,2-5H2,1H3;1-5H2;;;;/q-1;;;;;;;. The van der Waals surface area contributed by atoms with Crippen LogP contribution < -0.4 is 3.07 Å². The molecule has 4 saturated carbocycles. The van der Waals surface area contributed by atoms with Gasteiger partial charge in [0.05, 0.1) is 5.56 Å². The summed E-state index contributed by atoms with van der Waals surface area (Å²) in [5, 5.41) is 8.78. The van der Waals surface area contributed by atoms with Gasteiger partial charge in [-0.15, -0.1) is 0 Å². The van der Waals surface area contributed by atoms with E-state index in [0.717, 1.165) is 31.6 Å². The molecule has 4 aliphatic rings. The van der Waals surface area contributed by atoms with Crippen LogP contribution in [0.4, 0.5) is 0 Å². The van der Waals surface area contributed by atoms with E-state index in [1.54, 1.807) is 31.2 Å². The van der Waals surface area contributed by atoms with Gasteiger partial charge in [-0.1, -0.05) is 103 Å². The van der Waals surface area contributed by atoms with E-state index in [9.17, 15) is 19.2 Å². The van der Waals surface area contributed by atoms with E-state index in [0.29, 0.717) is 75.3 Å². The van der Waals surface area contributed by atoms with Gasteiger partial charge in [0.15, 0.2) is 0 Å². The van der Waals surface area contributed by atoms with Gasteiger partial charge >= 0.3 is 150 Å². The molecule has 53 heavy (non-hydrogen) atoms. The van der Waals surface area contributed by atoms with Gasteiger partial charge in [-0.05, 0) is 29.5 Å². The van der Waals surface area contributed by atoms with Gasteiger partial charge in [0, 0.05) is 72.8 Å². The number of benzene rings is 2. The number of hydrogen-bond acceptors (Lipinski definition) is 4. The molecule has 0 heterocycles. The van der Waals surface area contributed by atoms with Crippen LogP contribution in [-0.4, -0.2) is 28.4 Å². The minimum absolute atomic E-state index is 0. The van der Waals surface area contributed by atoms with Crippen molar-refractivity contribution in [3.63, 3.8) is 0 Å². The topological polar surface area (TPSA) is 88.5 Å². The molecule has 0 aromatic heterocycles. The zero-order valence-electron chi connectivity index (χ0n) is 32.8. The smallest absolute Gasteiger partial charge is 0.335 e. The molecule has 9 heteroatoms. The summed E-state index contributed by atoms with van der Waals surface area (Å²) in [6.07, 6.45) is 23.1. The number of rotatable bonds is 10. The third-order valence-electron chi connectivity index (χ3n) is 11.5. The molecule has 4 fully saturated rings. The van der Waals surface area contributed by atoms with Crippen molar-refractivity contribution in [2.24, 2.45) is 29.6 Å². The first-order chi connectivity index (χ1) is 23.9. The Hall–Kier alpha value is -0.236. The summed E-state index contributed by atoms with van der Waals surface area (Å²) >= 11 is 0.351. The maximum absolute atomic E-state index is 12.3. The molecular formula is C44H62Fe2HfHgO5-. The molecule has 2 aromatic carbocycles. The fourth-order valence-electron chi connectivity index (χ4n) is 7.97. The predicted octanol–water partition coefficient (Wildman–Crippen LogP) is 10.3. The van der Waals surface area contributed by atoms with Gasteiger partial charge in [0.25, 0.3) is 0 Å². The van der Waals surface area contributed by atoms with Crippen molar-refractivity contribution in [2.75, 3.05) is 0 Å². The second kappa shape index (κ2) is 29.0. The number of ketones is 3. The molecule has 0 aliphatic heterocycles. The Labute approximate surface area is 377 Å². The maximum atomic E-state index is 12.3. The van der Waals surface area contributed by atoms with E-state index >= 15 is 0 Å². The Kier molecular flexibility index (Phi) is 28.9. The summed E-state index contributed by atoms with van der Waals surface area (Å²) in [6, 6.07) is 13.6. The molecule has 6 rings (SSSR count). The summed E-state index contributed by atoms with van der Waals surface area (Å²) in [5.41, 5.74) is 2.91. The number of carbonyl (C=O) groups is 4. The summed E-state index contributed by atoms with van der Waals surface area (Å²) in [5.74, 6) is 3.35. The van der Waals surface area contributed by atoms with Crippen molar-refractivity contribution in [3.05, 3.63) is 64.7 Å². The quantitative estimate of drug-likeness (QED) is 0.146. The third kappa shape index (κ3) is 20.7. The Morgan fingerprint density at radius 1 is 0.698 bits per heavy atom. The van der Waals surface area contributed by atoms with E-state index in [4.69, 9.17) is 5.11 Å². The average Bonchev–Trinajstić information content (AvgIpc) is 3.92. The molecule has 2 aromatic rings. The molecule has 0 bridgehead atoms. The Balaban J connectivity index is 0.000000760. The minimum atomic E-state index is -0.932. The predicted molar refractivity (Wildman–Crippen MR) is 199 cm³/mol. The third-order valence-corrected chi connectivity index (χ3v) is 13.6. The van der Waals surface area contributed by atoms with Gasteiger partial charge in [-0.2, -0.15) is 0 Å². The number of carboxylic acid groups (broad SMARTS) is 1. The van der Waals surface area contributed by atoms with E-state index in [1.165, 1.54) is 96.3 Å². The first-order valence-corrected chi connectivity index (χ1v) is 22.4. The van der Waals surface area contributed by atoms with E-state index in [2.05, 4.69) is 26.8 Å². The average molecular weight is 1160 g/mol.